The number of carbonyl (C=O) groups is 1. The number of hydrogen-bond donors (Lipinski definition) is 0. The lowest BCUT2D eigenvalue weighted by molar-refractivity contribution is 0.0980. The Morgan fingerprint density at radius 3 is 2.53 bits per heavy atom. The van der Waals surface area contributed by atoms with Gasteiger partial charge in [-0.2, -0.15) is 0 Å². The summed E-state index contributed by atoms with van der Waals surface area (Å²) < 4.78 is 1.00. The van der Waals surface area contributed by atoms with Crippen molar-refractivity contribution in [2.45, 2.75) is 26.2 Å². The highest BCUT2D eigenvalue weighted by molar-refractivity contribution is 9.10. The highest BCUT2D eigenvalue weighted by atomic mass is 79.9. The van der Waals surface area contributed by atoms with Gasteiger partial charge in [0.25, 0.3) is 0 Å². The first-order valence-corrected chi connectivity index (χ1v) is 7.29. The largest absolute Gasteiger partial charge is 0.294 e. The fraction of sp³-hybridized carbons (Fsp3) is 0.235. The van der Waals surface area contributed by atoms with Crippen molar-refractivity contribution in [1.82, 2.24) is 0 Å². The molecule has 0 amide bonds. The third kappa shape index (κ3) is 4.03. The second-order valence-corrected chi connectivity index (χ2v) is 5.58. The van der Waals surface area contributed by atoms with Gasteiger partial charge in [-0.3, -0.25) is 4.79 Å². The van der Waals surface area contributed by atoms with Crippen LogP contribution in [-0.4, -0.2) is 5.78 Å². The van der Waals surface area contributed by atoms with Crippen LogP contribution in [0.1, 0.15) is 34.3 Å². The molecule has 0 aromatic heterocycles. The maximum Gasteiger partial charge on any atom is 0.162 e. The van der Waals surface area contributed by atoms with E-state index in [1.807, 2.05) is 43.3 Å². The molecule has 98 valence electrons. The first-order valence-electron chi connectivity index (χ1n) is 6.50. The maximum atomic E-state index is 12.1. The monoisotopic (exact) mass is 316 g/mol. The van der Waals surface area contributed by atoms with Crippen LogP contribution in [0.2, 0.25) is 0 Å². The SMILES string of the molecule is Cc1ccc(C(=O)CCCc2ccccc2)cc1Br. The second-order valence-electron chi connectivity index (χ2n) is 4.73. The molecule has 0 aliphatic rings. The van der Waals surface area contributed by atoms with E-state index in [4.69, 9.17) is 0 Å². The molecule has 2 aromatic carbocycles. The Balaban J connectivity index is 1.89. The number of carbonyl (C=O) groups excluding carboxylic acids is 1. The molecule has 0 spiro atoms. The average Bonchev–Trinajstić information content (AvgIpc) is 2.43. The quantitative estimate of drug-likeness (QED) is 0.712. The minimum absolute atomic E-state index is 0.219. The van der Waals surface area contributed by atoms with E-state index >= 15 is 0 Å². The number of Topliss-reactive ketones (excluding diaryl/α,β-unsaturated/α-hetero) is 1. The van der Waals surface area contributed by atoms with Crippen molar-refractivity contribution in [2.24, 2.45) is 0 Å². The molecule has 2 aromatic rings. The summed E-state index contributed by atoms with van der Waals surface area (Å²) in [5.41, 5.74) is 3.24. The lowest BCUT2D eigenvalue weighted by Crippen LogP contribution is -2.00. The topological polar surface area (TPSA) is 17.1 Å². The van der Waals surface area contributed by atoms with Crippen molar-refractivity contribution in [2.75, 3.05) is 0 Å². The zero-order chi connectivity index (χ0) is 13.7. The van der Waals surface area contributed by atoms with Gasteiger partial charge in [0.1, 0.15) is 0 Å². The van der Waals surface area contributed by atoms with Gasteiger partial charge in [0.15, 0.2) is 5.78 Å². The zero-order valence-electron chi connectivity index (χ0n) is 11.0. The van der Waals surface area contributed by atoms with E-state index in [1.54, 1.807) is 0 Å². The van der Waals surface area contributed by atoms with E-state index in [2.05, 4.69) is 28.1 Å². The maximum absolute atomic E-state index is 12.1. The number of halogens is 1. The summed E-state index contributed by atoms with van der Waals surface area (Å²) in [6.07, 6.45) is 2.46. The van der Waals surface area contributed by atoms with Gasteiger partial charge in [-0.25, -0.2) is 0 Å². The predicted octanol–water partition coefficient (Wildman–Crippen LogP) is 4.96. The molecule has 0 unspecified atom stereocenters. The zero-order valence-corrected chi connectivity index (χ0v) is 12.6. The Kier molecular flexibility index (Phi) is 4.92. The second kappa shape index (κ2) is 6.67. The Labute approximate surface area is 122 Å². The fourth-order valence-electron chi connectivity index (χ4n) is 2.01. The van der Waals surface area contributed by atoms with Crippen LogP contribution in [0.4, 0.5) is 0 Å². The van der Waals surface area contributed by atoms with Gasteiger partial charge in [0, 0.05) is 16.5 Å². The van der Waals surface area contributed by atoms with Crippen molar-refractivity contribution in [3.8, 4) is 0 Å². The third-order valence-electron chi connectivity index (χ3n) is 3.21. The highest BCUT2D eigenvalue weighted by Gasteiger charge is 2.07. The van der Waals surface area contributed by atoms with Crippen LogP contribution in [0, 0.1) is 6.92 Å². The summed E-state index contributed by atoms with van der Waals surface area (Å²) in [4.78, 5) is 12.1. The smallest absolute Gasteiger partial charge is 0.162 e. The molecule has 1 nitrogen and oxygen atoms in total. The molecule has 0 saturated heterocycles. The van der Waals surface area contributed by atoms with Gasteiger partial charge < -0.3 is 0 Å². The summed E-state index contributed by atoms with van der Waals surface area (Å²) in [6.45, 7) is 2.02. The first-order chi connectivity index (χ1) is 9.16. The molecular formula is C17H17BrO. The Morgan fingerprint density at radius 1 is 1.11 bits per heavy atom. The molecule has 0 aliphatic heterocycles. The van der Waals surface area contributed by atoms with Crippen molar-refractivity contribution in [1.29, 1.82) is 0 Å². The van der Waals surface area contributed by atoms with E-state index in [0.29, 0.717) is 6.42 Å². The summed E-state index contributed by atoms with van der Waals surface area (Å²) >= 11 is 3.47. The Morgan fingerprint density at radius 2 is 1.84 bits per heavy atom. The van der Waals surface area contributed by atoms with E-state index < -0.39 is 0 Å². The molecule has 0 saturated carbocycles. The van der Waals surface area contributed by atoms with Crippen LogP contribution in [0.5, 0.6) is 0 Å². The Bertz CT molecular complexity index is 561. The lowest BCUT2D eigenvalue weighted by Gasteiger charge is -2.04. The molecule has 0 atom stereocenters. The van der Waals surface area contributed by atoms with Gasteiger partial charge in [-0.05, 0) is 37.0 Å². The van der Waals surface area contributed by atoms with Crippen molar-refractivity contribution >= 4 is 21.7 Å². The van der Waals surface area contributed by atoms with Gasteiger partial charge >= 0.3 is 0 Å². The van der Waals surface area contributed by atoms with Crippen LogP contribution >= 0.6 is 15.9 Å². The minimum Gasteiger partial charge on any atom is -0.294 e. The van der Waals surface area contributed by atoms with E-state index in [0.717, 1.165) is 28.4 Å². The molecule has 0 fully saturated rings. The number of hydrogen-bond acceptors (Lipinski definition) is 1. The molecule has 2 rings (SSSR count). The van der Waals surface area contributed by atoms with Crippen molar-refractivity contribution < 1.29 is 4.79 Å². The van der Waals surface area contributed by atoms with Crippen LogP contribution in [0.25, 0.3) is 0 Å². The minimum atomic E-state index is 0.219. The van der Waals surface area contributed by atoms with E-state index in [1.165, 1.54) is 5.56 Å². The number of aryl methyl sites for hydroxylation is 2. The number of rotatable bonds is 5. The third-order valence-corrected chi connectivity index (χ3v) is 4.06. The number of ketones is 1. The van der Waals surface area contributed by atoms with Gasteiger partial charge in [-0.15, -0.1) is 0 Å². The summed E-state index contributed by atoms with van der Waals surface area (Å²) in [5.74, 6) is 0.219. The molecule has 2 heteroatoms. The average molecular weight is 317 g/mol. The van der Waals surface area contributed by atoms with Crippen LogP contribution in [0.3, 0.4) is 0 Å². The Hall–Kier alpha value is -1.41. The van der Waals surface area contributed by atoms with Crippen LogP contribution in [-0.2, 0) is 6.42 Å². The molecule has 0 bridgehead atoms. The molecule has 0 radical (unpaired) electrons. The van der Waals surface area contributed by atoms with E-state index in [9.17, 15) is 4.79 Å². The van der Waals surface area contributed by atoms with Gasteiger partial charge in [0.2, 0.25) is 0 Å². The normalized spacial score (nSPS) is 10.4. The fourth-order valence-corrected chi connectivity index (χ4v) is 2.39. The summed E-state index contributed by atoms with van der Waals surface area (Å²) in [6, 6.07) is 16.1. The highest BCUT2D eigenvalue weighted by Crippen LogP contribution is 2.19. The number of benzene rings is 2. The van der Waals surface area contributed by atoms with Crippen LogP contribution in [0.15, 0.2) is 53.0 Å². The van der Waals surface area contributed by atoms with Gasteiger partial charge in [0.05, 0.1) is 0 Å². The molecule has 0 heterocycles. The molecule has 19 heavy (non-hydrogen) atoms. The van der Waals surface area contributed by atoms with Crippen molar-refractivity contribution in [3.05, 3.63) is 69.7 Å². The summed E-state index contributed by atoms with van der Waals surface area (Å²) in [7, 11) is 0. The van der Waals surface area contributed by atoms with Crippen LogP contribution < -0.4 is 0 Å². The summed E-state index contributed by atoms with van der Waals surface area (Å²) in [5, 5.41) is 0. The molecule has 0 aliphatic carbocycles. The predicted molar refractivity (Wildman–Crippen MR) is 82.6 cm³/mol. The standard InChI is InChI=1S/C17H17BrO/c1-13-10-11-15(12-16(13)18)17(19)9-5-8-14-6-3-2-4-7-14/h2-4,6-7,10-12H,5,8-9H2,1H3. The lowest BCUT2D eigenvalue weighted by atomic mass is 10.0. The molecule has 0 N–H and O–H groups in total. The van der Waals surface area contributed by atoms with E-state index in [-0.39, 0.29) is 5.78 Å². The van der Waals surface area contributed by atoms with Gasteiger partial charge in [-0.1, -0.05) is 58.4 Å². The first kappa shape index (κ1) is 14.0. The van der Waals surface area contributed by atoms with Crippen molar-refractivity contribution in [3.63, 3.8) is 0 Å². The molecular weight excluding hydrogens is 300 g/mol.